The standard InChI is InChI=1S/Cr.H4O4Si.Sn.2H/c;1-5(2,3)4;;;/h;1-4H;;;. The van der Waals surface area contributed by atoms with Crippen LogP contribution < -0.4 is 0 Å². The Kier molecular flexibility index (Phi) is 12.4. The quantitative estimate of drug-likeness (QED) is 0.344. The summed E-state index contributed by atoms with van der Waals surface area (Å²) >= 11 is 0. The van der Waals surface area contributed by atoms with E-state index in [0.717, 1.165) is 0 Å². The van der Waals surface area contributed by atoms with Gasteiger partial charge in [-0.15, -0.1) is 0 Å². The average Bonchev–Trinajstić information content (AvgIpc) is 0.722. The monoisotopic (exact) mass is 270 g/mol. The molecule has 0 fully saturated rings. The minimum absolute atomic E-state index is 0. The van der Waals surface area contributed by atoms with Gasteiger partial charge in [-0.2, -0.15) is 0 Å². The van der Waals surface area contributed by atoms with Gasteiger partial charge in [0.25, 0.3) is 0 Å². The topological polar surface area (TPSA) is 80.9 Å². The number of hydrogen-bond acceptors (Lipinski definition) is 4. The average molecular weight is 269 g/mol. The maximum atomic E-state index is 7.33. The Balaban J connectivity index is -0.0000000800. The van der Waals surface area contributed by atoms with E-state index in [-0.39, 0.29) is 41.3 Å². The third-order valence-corrected chi connectivity index (χ3v) is 0. The fraction of sp³-hybridized carbons (Fsp3) is 0. The first-order chi connectivity index (χ1) is 2.00. The zero-order chi connectivity index (χ0) is 4.50. The summed E-state index contributed by atoms with van der Waals surface area (Å²) in [4.78, 5) is 29.3. The number of hydrogen-bond donors (Lipinski definition) is 4. The van der Waals surface area contributed by atoms with Crippen LogP contribution in [-0.4, -0.2) is 52.1 Å². The van der Waals surface area contributed by atoms with Crippen molar-refractivity contribution in [3.63, 3.8) is 0 Å². The van der Waals surface area contributed by atoms with Crippen LogP contribution in [-0.2, 0) is 17.4 Å². The summed E-state index contributed by atoms with van der Waals surface area (Å²) in [5.41, 5.74) is 0. The first kappa shape index (κ1) is 15.8. The summed E-state index contributed by atoms with van der Waals surface area (Å²) in [6.07, 6.45) is 0. The second-order valence-corrected chi connectivity index (χ2v) is 1.80. The Morgan fingerprint density at radius 2 is 0.857 bits per heavy atom. The van der Waals surface area contributed by atoms with Crippen molar-refractivity contribution in [3.05, 3.63) is 0 Å². The van der Waals surface area contributed by atoms with E-state index in [4.69, 9.17) is 19.2 Å². The predicted molar refractivity (Wildman–Crippen MR) is 23.2 cm³/mol. The molecule has 0 aliphatic heterocycles. The Morgan fingerprint density at radius 1 is 0.857 bits per heavy atom. The molecule has 0 spiro atoms. The van der Waals surface area contributed by atoms with Gasteiger partial charge in [-0.3, -0.25) is 0 Å². The van der Waals surface area contributed by atoms with Gasteiger partial charge in [0.2, 0.25) is 0 Å². The molecular formula is H6CrO4SiSn. The molecule has 4 N–H and O–H groups in total. The van der Waals surface area contributed by atoms with Crippen molar-refractivity contribution in [2.75, 3.05) is 0 Å². The summed E-state index contributed by atoms with van der Waals surface area (Å²) in [6.45, 7) is 0. The first-order valence-electron chi connectivity index (χ1n) is 0.894. The Hall–Kier alpha value is 1.39. The van der Waals surface area contributed by atoms with Gasteiger partial charge in [0.1, 0.15) is 0 Å². The third kappa shape index (κ3) is 111. The molecule has 0 unspecified atom stereocenters. The van der Waals surface area contributed by atoms with E-state index in [2.05, 4.69) is 0 Å². The zero-order valence-electron chi connectivity index (χ0n) is 3.40. The molecule has 0 heterocycles. The van der Waals surface area contributed by atoms with Gasteiger partial charge in [-0.25, -0.2) is 0 Å². The Labute approximate surface area is 69.4 Å². The molecule has 0 rings (SSSR count). The van der Waals surface area contributed by atoms with Gasteiger partial charge in [0, 0.05) is 17.4 Å². The fourth-order valence-corrected chi connectivity index (χ4v) is 0. The normalized spacial score (nSPS) is 8.57. The zero-order valence-corrected chi connectivity index (χ0v) is 9.72. The molecule has 0 saturated carbocycles. The van der Waals surface area contributed by atoms with E-state index in [9.17, 15) is 0 Å². The van der Waals surface area contributed by atoms with Gasteiger partial charge in [-0.05, 0) is 0 Å². The predicted octanol–water partition coefficient (Wildman–Crippen LogP) is -3.53. The van der Waals surface area contributed by atoms with Crippen molar-refractivity contribution >= 4 is 33.0 Å². The first-order valence-corrected chi connectivity index (χ1v) is 2.68. The Bertz CT molecular complexity index is 27.2. The number of rotatable bonds is 0. The van der Waals surface area contributed by atoms with Crippen LogP contribution in [0.3, 0.4) is 0 Å². The second kappa shape index (κ2) is 5.52. The summed E-state index contributed by atoms with van der Waals surface area (Å²) in [5, 5.41) is 0. The molecule has 0 amide bonds. The molecule has 7 heavy (non-hydrogen) atoms. The van der Waals surface area contributed by atoms with E-state index < -0.39 is 9.05 Å². The van der Waals surface area contributed by atoms with E-state index in [1.807, 2.05) is 0 Å². The molecule has 0 atom stereocenters. The van der Waals surface area contributed by atoms with Gasteiger partial charge in [0.05, 0.1) is 0 Å². The molecule has 0 saturated heterocycles. The van der Waals surface area contributed by atoms with E-state index in [1.54, 1.807) is 0 Å². The van der Waals surface area contributed by atoms with Crippen molar-refractivity contribution in [3.8, 4) is 0 Å². The molecule has 0 aromatic carbocycles. The van der Waals surface area contributed by atoms with Crippen molar-refractivity contribution < 1.29 is 36.5 Å². The van der Waals surface area contributed by atoms with Crippen molar-refractivity contribution in [1.29, 1.82) is 0 Å². The van der Waals surface area contributed by atoms with Crippen LogP contribution >= 0.6 is 0 Å². The molecule has 44 valence electrons. The van der Waals surface area contributed by atoms with E-state index in [1.165, 1.54) is 0 Å². The van der Waals surface area contributed by atoms with Crippen molar-refractivity contribution in [2.24, 2.45) is 0 Å². The molecule has 7 heteroatoms. The van der Waals surface area contributed by atoms with Gasteiger partial charge in [-0.1, -0.05) is 0 Å². The summed E-state index contributed by atoms with van der Waals surface area (Å²) in [5.74, 6) is 0. The molecule has 0 aromatic heterocycles. The van der Waals surface area contributed by atoms with Crippen LogP contribution in [0, 0.1) is 0 Å². The van der Waals surface area contributed by atoms with Crippen molar-refractivity contribution in [2.45, 2.75) is 0 Å². The van der Waals surface area contributed by atoms with E-state index in [0.29, 0.717) is 0 Å². The van der Waals surface area contributed by atoms with Gasteiger partial charge in [0.15, 0.2) is 0 Å². The molecular weight excluding hydrogens is 263 g/mol. The molecule has 0 aliphatic carbocycles. The molecule has 4 nitrogen and oxygen atoms in total. The summed E-state index contributed by atoms with van der Waals surface area (Å²) < 4.78 is 0. The molecule has 0 aromatic rings. The van der Waals surface area contributed by atoms with Crippen LogP contribution in [0.2, 0.25) is 0 Å². The fourth-order valence-electron chi connectivity index (χ4n) is 0. The van der Waals surface area contributed by atoms with E-state index >= 15 is 0 Å². The van der Waals surface area contributed by atoms with Crippen LogP contribution in [0.15, 0.2) is 0 Å². The summed E-state index contributed by atoms with van der Waals surface area (Å²) in [7, 11) is -4.61. The molecule has 0 aliphatic rings. The van der Waals surface area contributed by atoms with Gasteiger partial charge < -0.3 is 19.2 Å². The summed E-state index contributed by atoms with van der Waals surface area (Å²) in [6, 6.07) is 0. The van der Waals surface area contributed by atoms with Crippen LogP contribution in [0.5, 0.6) is 0 Å². The Morgan fingerprint density at radius 3 is 0.857 bits per heavy atom. The maximum absolute atomic E-state index is 7.33. The van der Waals surface area contributed by atoms with Crippen LogP contribution in [0.4, 0.5) is 0 Å². The molecule has 0 bridgehead atoms. The van der Waals surface area contributed by atoms with Gasteiger partial charge >= 0.3 is 33.0 Å². The van der Waals surface area contributed by atoms with Crippen LogP contribution in [0.25, 0.3) is 0 Å². The molecule has 2 radical (unpaired) electrons. The van der Waals surface area contributed by atoms with Crippen LogP contribution in [0.1, 0.15) is 0 Å². The SMILES string of the molecule is O[Si](O)(O)O.[Cr].[SnH2]. The minimum atomic E-state index is -4.61. The van der Waals surface area contributed by atoms with Crippen molar-refractivity contribution in [1.82, 2.24) is 0 Å². The second-order valence-electron chi connectivity index (χ2n) is 0.600. The third-order valence-electron chi connectivity index (χ3n) is 0.